The monoisotopic (exact) mass is 328 g/mol. The lowest BCUT2D eigenvalue weighted by Gasteiger charge is -2.20. The molecule has 0 aliphatic carbocycles. The zero-order chi connectivity index (χ0) is 16.9. The molecule has 1 rings (SSSR count). The minimum absolute atomic E-state index is 0.0591. The Morgan fingerprint density at radius 1 is 1.23 bits per heavy atom. The van der Waals surface area contributed by atoms with Crippen LogP contribution in [0.2, 0.25) is 0 Å². The molecule has 0 bridgehead atoms. The highest BCUT2D eigenvalue weighted by molar-refractivity contribution is 7.89. The zero-order valence-corrected chi connectivity index (χ0v) is 13.5. The van der Waals surface area contributed by atoms with E-state index in [-0.39, 0.29) is 16.7 Å². The van der Waals surface area contributed by atoms with E-state index in [0.29, 0.717) is 12.1 Å². The highest BCUT2D eigenvalue weighted by Gasteiger charge is 2.29. The van der Waals surface area contributed by atoms with E-state index in [0.717, 1.165) is 0 Å². The molecule has 8 heteroatoms. The molecule has 0 unspecified atom stereocenters. The van der Waals surface area contributed by atoms with Gasteiger partial charge in [0.05, 0.1) is 4.90 Å². The third-order valence-electron chi connectivity index (χ3n) is 3.25. The summed E-state index contributed by atoms with van der Waals surface area (Å²) in [6.07, 6.45) is 0.529. The van der Waals surface area contributed by atoms with E-state index in [4.69, 9.17) is 5.11 Å². The first kappa shape index (κ1) is 18.1. The third-order valence-corrected chi connectivity index (χ3v) is 4.70. The quantitative estimate of drug-likeness (QED) is 0.701. The molecule has 0 saturated heterocycles. The smallest absolute Gasteiger partial charge is 0.322 e. The Hall–Kier alpha value is -1.93. The summed E-state index contributed by atoms with van der Waals surface area (Å²) in [6.45, 7) is 4.80. The van der Waals surface area contributed by atoms with Gasteiger partial charge in [-0.3, -0.25) is 9.59 Å². The van der Waals surface area contributed by atoms with Crippen LogP contribution in [0.3, 0.4) is 0 Å². The van der Waals surface area contributed by atoms with Crippen LogP contribution in [0.25, 0.3) is 0 Å². The maximum atomic E-state index is 12.2. The van der Waals surface area contributed by atoms with E-state index in [2.05, 4.69) is 10.0 Å². The minimum atomic E-state index is -3.95. The molecule has 7 nitrogen and oxygen atoms in total. The van der Waals surface area contributed by atoms with Gasteiger partial charge in [0.1, 0.15) is 6.04 Å². The number of carboxylic acids is 1. The van der Waals surface area contributed by atoms with Crippen molar-refractivity contribution in [3.63, 3.8) is 0 Å². The van der Waals surface area contributed by atoms with Gasteiger partial charge in [0.15, 0.2) is 0 Å². The highest BCUT2D eigenvalue weighted by atomic mass is 32.2. The van der Waals surface area contributed by atoms with E-state index < -0.39 is 22.0 Å². The first-order chi connectivity index (χ1) is 10.2. The summed E-state index contributed by atoms with van der Waals surface area (Å²) in [4.78, 5) is 22.1. The van der Waals surface area contributed by atoms with Crippen molar-refractivity contribution >= 4 is 27.6 Å². The Morgan fingerprint density at radius 2 is 1.77 bits per heavy atom. The summed E-state index contributed by atoms with van der Waals surface area (Å²) in [6, 6.07) is 4.31. The molecule has 2 atom stereocenters. The second kappa shape index (κ2) is 7.37. The number of carbonyl (C=O) groups excluding carboxylic acids is 1. The van der Waals surface area contributed by atoms with Gasteiger partial charge in [0.25, 0.3) is 0 Å². The lowest BCUT2D eigenvalue weighted by molar-refractivity contribution is -0.140. The van der Waals surface area contributed by atoms with Crippen LogP contribution in [0, 0.1) is 5.92 Å². The number of aliphatic carboxylic acids is 1. The second-order valence-corrected chi connectivity index (χ2v) is 6.74. The van der Waals surface area contributed by atoms with E-state index in [9.17, 15) is 18.0 Å². The molecule has 1 aromatic carbocycles. The van der Waals surface area contributed by atoms with E-state index in [1.165, 1.54) is 31.2 Å². The maximum absolute atomic E-state index is 12.2. The number of rotatable bonds is 7. The molecule has 0 fully saturated rings. The summed E-state index contributed by atoms with van der Waals surface area (Å²) in [7, 11) is -3.95. The van der Waals surface area contributed by atoms with E-state index in [1.54, 1.807) is 13.8 Å². The Labute approximate surface area is 129 Å². The number of anilines is 1. The van der Waals surface area contributed by atoms with E-state index >= 15 is 0 Å². The van der Waals surface area contributed by atoms with Crippen molar-refractivity contribution in [1.29, 1.82) is 0 Å². The number of sulfonamides is 1. The van der Waals surface area contributed by atoms with Gasteiger partial charge in [0.2, 0.25) is 15.9 Å². The molecule has 1 aromatic rings. The van der Waals surface area contributed by atoms with Crippen LogP contribution in [0.15, 0.2) is 29.2 Å². The molecule has 0 spiro atoms. The number of amides is 1. The molecule has 0 heterocycles. The second-order valence-electron chi connectivity index (χ2n) is 5.03. The largest absolute Gasteiger partial charge is 0.480 e. The topological polar surface area (TPSA) is 113 Å². The number of carbonyl (C=O) groups is 2. The van der Waals surface area contributed by atoms with Crippen LogP contribution in [0.4, 0.5) is 5.69 Å². The van der Waals surface area contributed by atoms with Gasteiger partial charge in [-0.1, -0.05) is 20.3 Å². The number of hydrogen-bond donors (Lipinski definition) is 3. The fourth-order valence-electron chi connectivity index (χ4n) is 1.80. The number of hydrogen-bond acceptors (Lipinski definition) is 4. The van der Waals surface area contributed by atoms with Gasteiger partial charge in [-0.2, -0.15) is 4.72 Å². The molecule has 0 aliphatic heterocycles. The Morgan fingerprint density at radius 3 is 2.18 bits per heavy atom. The first-order valence-corrected chi connectivity index (χ1v) is 8.28. The molecule has 1 amide bonds. The molecule has 22 heavy (non-hydrogen) atoms. The van der Waals surface area contributed by atoms with Crippen LogP contribution in [-0.2, 0) is 19.6 Å². The van der Waals surface area contributed by atoms with Gasteiger partial charge in [-0.25, -0.2) is 8.42 Å². The molecule has 0 aromatic heterocycles. The van der Waals surface area contributed by atoms with Crippen molar-refractivity contribution in [2.24, 2.45) is 5.92 Å². The Balaban J connectivity index is 2.98. The van der Waals surface area contributed by atoms with Gasteiger partial charge in [0, 0.05) is 12.6 Å². The SMILES string of the molecule is CC[C@@H](C)[C@H](NS(=O)(=O)c1ccc(NC(C)=O)cc1)C(=O)O. The summed E-state index contributed by atoms with van der Waals surface area (Å²) < 4.78 is 26.7. The fraction of sp³-hybridized carbons (Fsp3) is 0.429. The Kier molecular flexibility index (Phi) is 6.07. The van der Waals surface area contributed by atoms with Crippen LogP contribution in [-0.4, -0.2) is 31.4 Å². The molecule has 0 saturated carbocycles. The lowest BCUT2D eigenvalue weighted by atomic mass is 10.0. The average Bonchev–Trinajstić information content (AvgIpc) is 2.43. The zero-order valence-electron chi connectivity index (χ0n) is 12.7. The normalized spacial score (nSPS) is 14.1. The summed E-state index contributed by atoms with van der Waals surface area (Å²) in [5.41, 5.74) is 0.461. The molecular weight excluding hydrogens is 308 g/mol. The fourth-order valence-corrected chi connectivity index (χ4v) is 3.10. The van der Waals surface area contributed by atoms with Gasteiger partial charge < -0.3 is 10.4 Å². The van der Waals surface area contributed by atoms with Crippen LogP contribution in [0.5, 0.6) is 0 Å². The summed E-state index contributed by atoms with van der Waals surface area (Å²) in [5, 5.41) is 11.7. The maximum Gasteiger partial charge on any atom is 0.322 e. The van der Waals surface area contributed by atoms with E-state index in [1.807, 2.05) is 0 Å². The van der Waals surface area contributed by atoms with Gasteiger partial charge in [-0.15, -0.1) is 0 Å². The average molecular weight is 328 g/mol. The van der Waals surface area contributed by atoms with Gasteiger partial charge >= 0.3 is 5.97 Å². The lowest BCUT2D eigenvalue weighted by Crippen LogP contribution is -2.44. The molecule has 122 valence electrons. The van der Waals surface area contributed by atoms with Crippen LogP contribution in [0.1, 0.15) is 27.2 Å². The van der Waals surface area contributed by atoms with Gasteiger partial charge in [-0.05, 0) is 30.2 Å². The summed E-state index contributed by atoms with van der Waals surface area (Å²) in [5.74, 6) is -1.82. The molecule has 3 N–H and O–H groups in total. The highest BCUT2D eigenvalue weighted by Crippen LogP contribution is 2.16. The first-order valence-electron chi connectivity index (χ1n) is 6.80. The van der Waals surface area contributed by atoms with Crippen molar-refractivity contribution in [3.05, 3.63) is 24.3 Å². The van der Waals surface area contributed by atoms with Crippen molar-refractivity contribution in [2.75, 3.05) is 5.32 Å². The predicted octanol–water partition coefficient (Wildman–Crippen LogP) is 1.42. The van der Waals surface area contributed by atoms with Crippen molar-refractivity contribution in [2.45, 2.75) is 38.1 Å². The molecule has 0 radical (unpaired) electrons. The summed E-state index contributed by atoms with van der Waals surface area (Å²) >= 11 is 0. The number of nitrogens with one attached hydrogen (secondary N) is 2. The molecule has 0 aliphatic rings. The Bertz CT molecular complexity index is 640. The van der Waals surface area contributed by atoms with Crippen molar-refractivity contribution in [3.8, 4) is 0 Å². The number of benzene rings is 1. The molecular formula is C14H20N2O5S. The van der Waals surface area contributed by atoms with Crippen molar-refractivity contribution in [1.82, 2.24) is 4.72 Å². The number of carboxylic acid groups (broad SMARTS) is 1. The predicted molar refractivity (Wildman–Crippen MR) is 81.9 cm³/mol. The van der Waals surface area contributed by atoms with Crippen LogP contribution < -0.4 is 10.0 Å². The van der Waals surface area contributed by atoms with Crippen molar-refractivity contribution < 1.29 is 23.1 Å². The minimum Gasteiger partial charge on any atom is -0.480 e. The van der Waals surface area contributed by atoms with Crippen LogP contribution >= 0.6 is 0 Å². The third kappa shape index (κ3) is 4.81. The standard InChI is InChI=1S/C14H20N2O5S/c1-4-9(2)13(14(18)19)16-22(20,21)12-7-5-11(6-8-12)15-10(3)17/h5-9,13,16H,4H2,1-3H3,(H,15,17)(H,18,19)/t9-,13+/m1/s1.